The molecule has 32 heavy (non-hydrogen) atoms. The van der Waals surface area contributed by atoms with Crippen molar-refractivity contribution in [1.82, 2.24) is 5.32 Å². The molecule has 4 rings (SSSR count). The van der Waals surface area contributed by atoms with Gasteiger partial charge in [-0.1, -0.05) is 18.2 Å². The molecule has 3 aliphatic heterocycles. The monoisotopic (exact) mass is 461 g/mol. The van der Waals surface area contributed by atoms with Crippen molar-refractivity contribution in [2.24, 2.45) is 0 Å². The summed E-state index contributed by atoms with van der Waals surface area (Å²) in [6.07, 6.45) is -7.66. The lowest BCUT2D eigenvalue weighted by Gasteiger charge is -2.29. The van der Waals surface area contributed by atoms with Crippen LogP contribution in [0.5, 0.6) is 5.75 Å². The molecule has 1 aromatic rings. The number of carbonyl (C=O) groups is 1. The summed E-state index contributed by atoms with van der Waals surface area (Å²) in [5, 5.41) is 2.84. The summed E-state index contributed by atoms with van der Waals surface area (Å²) in [6.45, 7) is 7.24. The van der Waals surface area contributed by atoms with E-state index in [4.69, 9.17) is 23.7 Å². The zero-order chi connectivity index (χ0) is 23.3. The maximum atomic E-state index is 12.9. The number of hydrogen-bond acceptors (Lipinski definition) is 7. The third kappa shape index (κ3) is 5.18. The van der Waals surface area contributed by atoms with E-state index in [0.717, 1.165) is 6.07 Å². The summed E-state index contributed by atoms with van der Waals surface area (Å²) >= 11 is 0. The molecule has 0 radical (unpaired) electrons. The van der Waals surface area contributed by atoms with Gasteiger partial charge in [0.05, 0.1) is 19.1 Å². The molecule has 3 heterocycles. The van der Waals surface area contributed by atoms with Crippen LogP contribution in [-0.2, 0) is 34.9 Å². The van der Waals surface area contributed by atoms with E-state index in [1.165, 1.54) is 18.2 Å². The van der Waals surface area contributed by atoms with Crippen molar-refractivity contribution in [3.05, 3.63) is 29.8 Å². The minimum Gasteiger partial charge on any atom is -0.405 e. The second-order valence-corrected chi connectivity index (χ2v) is 8.86. The quantitative estimate of drug-likeness (QED) is 0.722. The average molecular weight is 461 g/mol. The van der Waals surface area contributed by atoms with E-state index in [-0.39, 0.29) is 18.6 Å². The number of alkyl halides is 3. The zero-order valence-electron chi connectivity index (χ0n) is 18.1. The fourth-order valence-electron chi connectivity index (χ4n) is 4.18. The zero-order valence-corrected chi connectivity index (χ0v) is 18.1. The minimum absolute atomic E-state index is 0.0971. The number of para-hydroxylation sites is 1. The maximum Gasteiger partial charge on any atom is 0.573 e. The van der Waals surface area contributed by atoms with Crippen LogP contribution in [0.15, 0.2) is 24.3 Å². The van der Waals surface area contributed by atoms with Gasteiger partial charge in [-0.3, -0.25) is 4.79 Å². The molecule has 1 aromatic carbocycles. The first kappa shape index (κ1) is 23.2. The van der Waals surface area contributed by atoms with Crippen LogP contribution in [-0.4, -0.2) is 61.1 Å². The van der Waals surface area contributed by atoms with Crippen molar-refractivity contribution in [3.63, 3.8) is 0 Å². The molecule has 0 unspecified atom stereocenters. The van der Waals surface area contributed by atoms with Gasteiger partial charge in [-0.2, -0.15) is 0 Å². The Morgan fingerprint density at radius 2 is 1.81 bits per heavy atom. The molecule has 8 nitrogen and oxygen atoms in total. The van der Waals surface area contributed by atoms with Crippen molar-refractivity contribution < 1.29 is 46.4 Å². The second-order valence-electron chi connectivity index (χ2n) is 8.86. The number of benzene rings is 1. The van der Waals surface area contributed by atoms with E-state index in [9.17, 15) is 18.0 Å². The van der Waals surface area contributed by atoms with Crippen LogP contribution >= 0.6 is 0 Å². The molecule has 0 saturated carbocycles. The number of carbonyl (C=O) groups excluding carboxylic acids is 1. The number of nitrogens with one attached hydrogen (secondary N) is 1. The normalized spacial score (nSPS) is 33.2. The van der Waals surface area contributed by atoms with Gasteiger partial charge in [0.25, 0.3) is 0 Å². The molecule has 0 aromatic heterocycles. The van der Waals surface area contributed by atoms with Crippen LogP contribution in [0.2, 0.25) is 0 Å². The Hall–Kier alpha value is -1.92. The SMILES string of the molecule is CC1(C)O[C@H]2O[C@H]([C@H]3COC(C)(C)O3)[C@@H](NC(=O)Cc3ccccc3OC(F)(F)F)[C@H]2O1. The molecular weight excluding hydrogens is 435 g/mol. The van der Waals surface area contributed by atoms with Gasteiger partial charge in [0.1, 0.15) is 24.1 Å². The first-order chi connectivity index (χ1) is 14.8. The third-order valence-corrected chi connectivity index (χ3v) is 5.36. The Morgan fingerprint density at radius 1 is 1.09 bits per heavy atom. The van der Waals surface area contributed by atoms with Crippen molar-refractivity contribution in [2.45, 2.75) is 82.7 Å². The molecular formula is C21H26F3NO7. The van der Waals surface area contributed by atoms with Gasteiger partial charge in [0.2, 0.25) is 5.91 Å². The highest BCUT2D eigenvalue weighted by molar-refractivity contribution is 5.79. The Bertz CT molecular complexity index is 860. The van der Waals surface area contributed by atoms with Crippen molar-refractivity contribution in [3.8, 4) is 5.75 Å². The summed E-state index contributed by atoms with van der Waals surface area (Å²) in [6, 6.07) is 4.84. The van der Waals surface area contributed by atoms with Crippen molar-refractivity contribution in [1.29, 1.82) is 0 Å². The van der Waals surface area contributed by atoms with Crippen LogP contribution in [0.3, 0.4) is 0 Å². The largest absolute Gasteiger partial charge is 0.573 e. The molecule has 11 heteroatoms. The minimum atomic E-state index is -4.86. The molecule has 5 atom stereocenters. The van der Waals surface area contributed by atoms with E-state index in [1.807, 2.05) is 0 Å². The Labute approximate surface area is 183 Å². The van der Waals surface area contributed by atoms with Gasteiger partial charge < -0.3 is 33.7 Å². The Balaban J connectivity index is 1.50. The molecule has 1 N–H and O–H groups in total. The van der Waals surface area contributed by atoms with E-state index in [2.05, 4.69) is 10.1 Å². The van der Waals surface area contributed by atoms with Gasteiger partial charge in [0, 0.05) is 5.56 Å². The molecule has 3 saturated heterocycles. The van der Waals surface area contributed by atoms with Crippen molar-refractivity contribution in [2.75, 3.05) is 6.61 Å². The van der Waals surface area contributed by atoms with Gasteiger partial charge >= 0.3 is 6.36 Å². The van der Waals surface area contributed by atoms with Gasteiger partial charge in [-0.25, -0.2) is 0 Å². The summed E-state index contributed by atoms with van der Waals surface area (Å²) in [5.41, 5.74) is 0.0971. The highest BCUT2D eigenvalue weighted by atomic mass is 19.4. The first-order valence-electron chi connectivity index (χ1n) is 10.3. The standard InChI is InChI=1S/C21H26F3NO7/c1-19(2)27-10-13(29-19)16-15(17-18(28-16)32-20(3,4)31-17)25-14(26)9-11-7-5-6-8-12(11)30-21(22,23)24/h5-8,13,15-18H,9-10H2,1-4H3,(H,25,26)/t13-,15-,16-,17-,18-/m1/s1. The van der Waals surface area contributed by atoms with Gasteiger partial charge in [0.15, 0.2) is 17.9 Å². The molecule has 0 aliphatic carbocycles. The van der Waals surface area contributed by atoms with Crippen LogP contribution in [0.4, 0.5) is 13.2 Å². The van der Waals surface area contributed by atoms with Crippen LogP contribution in [0.25, 0.3) is 0 Å². The van der Waals surface area contributed by atoms with E-state index in [0.29, 0.717) is 0 Å². The summed E-state index contributed by atoms with van der Waals surface area (Å²) < 4.78 is 71.4. The molecule has 3 aliphatic rings. The average Bonchev–Trinajstić information content (AvgIpc) is 3.25. The van der Waals surface area contributed by atoms with Crippen LogP contribution in [0.1, 0.15) is 33.3 Å². The first-order valence-corrected chi connectivity index (χ1v) is 10.3. The van der Waals surface area contributed by atoms with Crippen molar-refractivity contribution >= 4 is 5.91 Å². The molecule has 1 amide bonds. The number of fused-ring (bicyclic) bond motifs is 1. The van der Waals surface area contributed by atoms with Crippen LogP contribution < -0.4 is 10.1 Å². The summed E-state index contributed by atoms with van der Waals surface area (Å²) in [4.78, 5) is 12.9. The number of hydrogen-bond donors (Lipinski definition) is 1. The molecule has 0 spiro atoms. The Kier molecular flexibility index (Phi) is 5.91. The van der Waals surface area contributed by atoms with E-state index >= 15 is 0 Å². The molecule has 3 fully saturated rings. The predicted molar refractivity (Wildman–Crippen MR) is 102 cm³/mol. The smallest absolute Gasteiger partial charge is 0.405 e. The van der Waals surface area contributed by atoms with Gasteiger partial charge in [-0.05, 0) is 33.8 Å². The predicted octanol–water partition coefficient (Wildman–Crippen LogP) is 2.64. The van der Waals surface area contributed by atoms with Crippen LogP contribution in [0, 0.1) is 0 Å². The van der Waals surface area contributed by atoms with Gasteiger partial charge in [-0.15, -0.1) is 13.2 Å². The number of rotatable bonds is 5. The topological polar surface area (TPSA) is 84.5 Å². The lowest BCUT2D eigenvalue weighted by molar-refractivity contribution is -0.274. The number of amides is 1. The summed E-state index contributed by atoms with van der Waals surface area (Å²) in [5.74, 6) is -2.67. The highest BCUT2D eigenvalue weighted by Gasteiger charge is 2.58. The fraction of sp³-hybridized carbons (Fsp3) is 0.667. The number of halogens is 3. The third-order valence-electron chi connectivity index (χ3n) is 5.36. The second kappa shape index (κ2) is 8.14. The fourth-order valence-corrected chi connectivity index (χ4v) is 4.18. The maximum absolute atomic E-state index is 12.9. The highest BCUT2D eigenvalue weighted by Crippen LogP contribution is 2.40. The summed E-state index contributed by atoms with van der Waals surface area (Å²) in [7, 11) is 0. The molecule has 0 bridgehead atoms. The van der Waals surface area contributed by atoms with E-state index in [1.54, 1.807) is 27.7 Å². The lowest BCUT2D eigenvalue weighted by Crippen LogP contribution is -2.53. The number of ether oxygens (including phenoxy) is 6. The van der Waals surface area contributed by atoms with E-state index < -0.39 is 60.2 Å². The molecule has 178 valence electrons. The lowest BCUT2D eigenvalue weighted by atomic mass is 10.0. The Morgan fingerprint density at radius 3 is 2.47 bits per heavy atom.